The summed E-state index contributed by atoms with van der Waals surface area (Å²) >= 11 is 0. The summed E-state index contributed by atoms with van der Waals surface area (Å²) in [5.41, 5.74) is 6.55. The van der Waals surface area contributed by atoms with E-state index in [1.807, 2.05) is 0 Å². The van der Waals surface area contributed by atoms with E-state index in [4.69, 9.17) is 19.2 Å². The van der Waals surface area contributed by atoms with Crippen molar-refractivity contribution in [3.8, 4) is 11.4 Å². The van der Waals surface area contributed by atoms with Crippen molar-refractivity contribution < 1.29 is 13.5 Å². The van der Waals surface area contributed by atoms with Crippen LogP contribution >= 0.6 is 12.4 Å². The number of rotatable bonds is 5. The van der Waals surface area contributed by atoms with E-state index in [1.54, 1.807) is 18.6 Å². The fourth-order valence-corrected chi connectivity index (χ4v) is 2.42. The molecule has 0 aromatic carbocycles. The van der Waals surface area contributed by atoms with Crippen molar-refractivity contribution >= 4 is 12.4 Å². The minimum Gasteiger partial charge on any atom is -0.472 e. The van der Waals surface area contributed by atoms with Crippen molar-refractivity contribution in [1.29, 1.82) is 0 Å². The molecule has 3 aromatic heterocycles. The van der Waals surface area contributed by atoms with Crippen molar-refractivity contribution in [2.75, 3.05) is 0 Å². The number of aryl methyl sites for hydroxylation is 2. The Hall–Kier alpha value is -2.19. The van der Waals surface area contributed by atoms with Crippen LogP contribution in [0.3, 0.4) is 0 Å². The lowest BCUT2D eigenvalue weighted by Gasteiger charge is -2.34. The third-order valence-corrected chi connectivity index (χ3v) is 3.96. The second kappa shape index (κ2) is 6.13. The maximum atomic E-state index is 6.17. The molecule has 0 saturated heterocycles. The van der Waals surface area contributed by atoms with Gasteiger partial charge in [-0.15, -0.1) is 12.4 Å². The predicted molar refractivity (Wildman–Crippen MR) is 80.7 cm³/mol. The van der Waals surface area contributed by atoms with Gasteiger partial charge in [0.25, 0.3) is 0 Å². The molecule has 0 spiro atoms. The Morgan fingerprint density at radius 3 is 2.48 bits per heavy atom. The van der Waals surface area contributed by atoms with E-state index in [0.29, 0.717) is 36.3 Å². The van der Waals surface area contributed by atoms with Gasteiger partial charge in [-0.3, -0.25) is 0 Å². The number of aromatic nitrogens is 4. The Balaban J connectivity index is 0.00000156. The van der Waals surface area contributed by atoms with Crippen LogP contribution in [0, 0.1) is 0 Å². The molecule has 0 bridgehead atoms. The molecule has 9 heteroatoms. The molecular weight excluding hydrogens is 322 g/mol. The van der Waals surface area contributed by atoms with Gasteiger partial charge in [0, 0.05) is 12.8 Å². The van der Waals surface area contributed by atoms with E-state index in [-0.39, 0.29) is 12.4 Å². The highest BCUT2D eigenvalue weighted by molar-refractivity contribution is 5.85. The number of halogens is 1. The molecule has 0 unspecified atom stereocenters. The standard InChI is InChI=1S/C14H15N5O3.ClH/c15-14(5-1-6-14)13-17-11(22-19-13)3-2-10-16-12(18-21-10)9-4-7-20-8-9;/h4,7-8H,1-3,5-6,15H2;1H. The summed E-state index contributed by atoms with van der Waals surface area (Å²) in [6, 6.07) is 1.78. The van der Waals surface area contributed by atoms with Gasteiger partial charge < -0.3 is 19.2 Å². The minimum absolute atomic E-state index is 0. The third-order valence-electron chi connectivity index (χ3n) is 3.96. The molecule has 1 fully saturated rings. The Morgan fingerprint density at radius 2 is 1.83 bits per heavy atom. The van der Waals surface area contributed by atoms with Crippen LogP contribution in [0.15, 0.2) is 32.1 Å². The number of nitrogens with zero attached hydrogens (tertiary/aromatic N) is 4. The molecule has 0 radical (unpaired) electrons. The van der Waals surface area contributed by atoms with Gasteiger partial charge in [0.05, 0.1) is 17.4 Å². The molecule has 122 valence electrons. The molecule has 1 aliphatic rings. The molecule has 3 aromatic rings. The summed E-state index contributed by atoms with van der Waals surface area (Å²) in [6.45, 7) is 0. The molecule has 2 N–H and O–H groups in total. The van der Waals surface area contributed by atoms with E-state index in [0.717, 1.165) is 24.8 Å². The first kappa shape index (κ1) is 15.7. The largest absolute Gasteiger partial charge is 0.472 e. The highest BCUT2D eigenvalue weighted by Gasteiger charge is 2.38. The van der Waals surface area contributed by atoms with Crippen LogP contribution in [0.2, 0.25) is 0 Å². The van der Waals surface area contributed by atoms with Crippen LogP contribution in [-0.4, -0.2) is 20.3 Å². The van der Waals surface area contributed by atoms with Gasteiger partial charge >= 0.3 is 0 Å². The van der Waals surface area contributed by atoms with Crippen LogP contribution in [-0.2, 0) is 18.4 Å². The van der Waals surface area contributed by atoms with Gasteiger partial charge in [-0.1, -0.05) is 10.3 Å². The number of hydrogen-bond acceptors (Lipinski definition) is 8. The Kier molecular flexibility index (Phi) is 4.18. The van der Waals surface area contributed by atoms with Crippen LogP contribution in [0.4, 0.5) is 0 Å². The molecule has 0 atom stereocenters. The van der Waals surface area contributed by atoms with Gasteiger partial charge in [0.15, 0.2) is 5.82 Å². The van der Waals surface area contributed by atoms with E-state index >= 15 is 0 Å². The van der Waals surface area contributed by atoms with Crippen molar-refractivity contribution in [2.45, 2.75) is 37.6 Å². The zero-order valence-electron chi connectivity index (χ0n) is 12.3. The Labute approximate surface area is 137 Å². The first-order valence-electron chi connectivity index (χ1n) is 7.20. The predicted octanol–water partition coefficient (Wildman–Crippen LogP) is 2.26. The van der Waals surface area contributed by atoms with Gasteiger partial charge in [0.2, 0.25) is 17.6 Å². The smallest absolute Gasteiger partial charge is 0.227 e. The Morgan fingerprint density at radius 1 is 1.09 bits per heavy atom. The minimum atomic E-state index is -0.402. The molecule has 1 aliphatic carbocycles. The van der Waals surface area contributed by atoms with E-state index in [1.165, 1.54) is 0 Å². The Bertz CT molecular complexity index is 763. The third kappa shape index (κ3) is 2.99. The molecule has 1 saturated carbocycles. The van der Waals surface area contributed by atoms with Crippen LogP contribution in [0.5, 0.6) is 0 Å². The van der Waals surface area contributed by atoms with Gasteiger partial charge in [0.1, 0.15) is 6.26 Å². The number of furan rings is 1. The summed E-state index contributed by atoms with van der Waals surface area (Å²) in [4.78, 5) is 8.67. The van der Waals surface area contributed by atoms with Gasteiger partial charge in [-0.2, -0.15) is 9.97 Å². The fourth-order valence-electron chi connectivity index (χ4n) is 2.42. The molecule has 3 heterocycles. The highest BCUT2D eigenvalue weighted by atomic mass is 35.5. The lowest BCUT2D eigenvalue weighted by molar-refractivity contribution is 0.229. The maximum Gasteiger partial charge on any atom is 0.227 e. The average molecular weight is 338 g/mol. The van der Waals surface area contributed by atoms with Gasteiger partial charge in [-0.25, -0.2) is 0 Å². The number of nitrogens with two attached hydrogens (primary N) is 1. The molecule has 0 amide bonds. The van der Waals surface area contributed by atoms with E-state index in [2.05, 4.69) is 20.3 Å². The zero-order chi connectivity index (χ0) is 15.0. The topological polar surface area (TPSA) is 117 Å². The van der Waals surface area contributed by atoms with Crippen molar-refractivity contribution in [3.63, 3.8) is 0 Å². The molecule has 8 nitrogen and oxygen atoms in total. The van der Waals surface area contributed by atoms with Gasteiger partial charge in [-0.05, 0) is 25.3 Å². The maximum absolute atomic E-state index is 6.17. The molecular formula is C14H16ClN5O3. The van der Waals surface area contributed by atoms with E-state index in [9.17, 15) is 0 Å². The van der Waals surface area contributed by atoms with Crippen LogP contribution in [0.1, 0.15) is 36.9 Å². The van der Waals surface area contributed by atoms with Crippen LogP contribution in [0.25, 0.3) is 11.4 Å². The quantitative estimate of drug-likeness (QED) is 0.753. The number of hydrogen-bond donors (Lipinski definition) is 1. The fraction of sp³-hybridized carbons (Fsp3) is 0.429. The summed E-state index contributed by atoms with van der Waals surface area (Å²) in [5.74, 6) is 2.15. The lowest BCUT2D eigenvalue weighted by Crippen LogP contribution is -2.44. The molecule has 4 rings (SSSR count). The second-order valence-corrected chi connectivity index (χ2v) is 5.55. The zero-order valence-corrected chi connectivity index (χ0v) is 13.1. The SMILES string of the molecule is Cl.NC1(c2noc(CCc3nc(-c4ccoc4)no3)n2)CCC1. The van der Waals surface area contributed by atoms with Crippen molar-refractivity contribution in [3.05, 3.63) is 36.2 Å². The van der Waals surface area contributed by atoms with Crippen LogP contribution < -0.4 is 5.73 Å². The normalized spacial score (nSPS) is 15.9. The molecule has 0 aliphatic heterocycles. The lowest BCUT2D eigenvalue weighted by atomic mass is 9.77. The second-order valence-electron chi connectivity index (χ2n) is 5.55. The summed E-state index contributed by atoms with van der Waals surface area (Å²) in [7, 11) is 0. The summed E-state index contributed by atoms with van der Waals surface area (Å²) in [5, 5.41) is 7.88. The first-order chi connectivity index (χ1) is 10.7. The molecule has 23 heavy (non-hydrogen) atoms. The van der Waals surface area contributed by atoms with E-state index < -0.39 is 5.54 Å². The highest BCUT2D eigenvalue weighted by Crippen LogP contribution is 2.36. The monoisotopic (exact) mass is 337 g/mol. The van der Waals surface area contributed by atoms with Crippen molar-refractivity contribution in [2.24, 2.45) is 5.73 Å². The van der Waals surface area contributed by atoms with Crippen molar-refractivity contribution in [1.82, 2.24) is 20.3 Å². The summed E-state index contributed by atoms with van der Waals surface area (Å²) < 4.78 is 15.4. The first-order valence-corrected chi connectivity index (χ1v) is 7.20. The summed E-state index contributed by atoms with van der Waals surface area (Å²) in [6.07, 6.45) is 7.12. The average Bonchev–Trinajstić information content (AvgIpc) is 3.21.